The van der Waals surface area contributed by atoms with Gasteiger partial charge in [0, 0.05) is 22.9 Å². The number of hydrogen-bond acceptors (Lipinski definition) is 5. The van der Waals surface area contributed by atoms with Crippen molar-refractivity contribution >= 4 is 29.4 Å². The van der Waals surface area contributed by atoms with Gasteiger partial charge in [-0.1, -0.05) is 30.3 Å². The molecule has 0 spiro atoms. The molecule has 3 aromatic carbocycles. The van der Waals surface area contributed by atoms with Crippen LogP contribution in [0, 0.1) is 0 Å². The lowest BCUT2D eigenvalue weighted by molar-refractivity contribution is -0.136. The number of ketones is 1. The highest BCUT2D eigenvalue weighted by Gasteiger charge is 2.10. The molecule has 0 aliphatic heterocycles. The summed E-state index contributed by atoms with van der Waals surface area (Å²) in [4.78, 5) is 36.3. The Labute approximate surface area is 180 Å². The molecule has 0 saturated carbocycles. The van der Waals surface area contributed by atoms with Gasteiger partial charge >= 0.3 is 5.97 Å². The zero-order valence-electron chi connectivity index (χ0n) is 16.9. The smallest absolute Gasteiger partial charge is 0.331 e. The first-order valence-corrected chi connectivity index (χ1v) is 9.54. The number of methoxy groups -OCH3 is 1. The van der Waals surface area contributed by atoms with Crippen molar-refractivity contribution in [1.82, 2.24) is 0 Å². The summed E-state index contributed by atoms with van der Waals surface area (Å²) in [6.45, 7) is -0.374. The first-order chi connectivity index (χ1) is 15.0. The van der Waals surface area contributed by atoms with Gasteiger partial charge in [-0.05, 0) is 60.2 Å². The van der Waals surface area contributed by atoms with Gasteiger partial charge in [0.15, 0.2) is 12.4 Å². The van der Waals surface area contributed by atoms with Gasteiger partial charge in [0.2, 0.25) is 0 Å². The number of benzene rings is 3. The Balaban J connectivity index is 1.49. The average Bonchev–Trinajstić information content (AvgIpc) is 2.82. The molecule has 1 amide bonds. The standard InChI is InChI=1S/C25H21NO5/c1-30-22-14-7-18(8-15-22)9-16-24(28)31-17-23(27)19-10-12-21(13-11-19)26-25(29)20-5-3-2-4-6-20/h2-16H,17H2,1H3,(H,26,29)/b16-9+. The van der Waals surface area contributed by atoms with Crippen molar-refractivity contribution in [3.63, 3.8) is 0 Å². The lowest BCUT2D eigenvalue weighted by atomic mass is 10.1. The SMILES string of the molecule is COc1ccc(/C=C/C(=O)OCC(=O)c2ccc(NC(=O)c3ccccc3)cc2)cc1. The summed E-state index contributed by atoms with van der Waals surface area (Å²) in [6.07, 6.45) is 2.85. The Morgan fingerprint density at radius 2 is 1.52 bits per heavy atom. The summed E-state index contributed by atoms with van der Waals surface area (Å²) in [5, 5.41) is 2.76. The fourth-order valence-electron chi connectivity index (χ4n) is 2.68. The maximum absolute atomic E-state index is 12.2. The number of carbonyl (C=O) groups excluding carboxylic acids is 3. The van der Waals surface area contributed by atoms with E-state index in [1.807, 2.05) is 6.07 Å². The zero-order valence-corrected chi connectivity index (χ0v) is 16.9. The predicted octanol–water partition coefficient (Wildman–Crippen LogP) is 4.39. The highest BCUT2D eigenvalue weighted by atomic mass is 16.5. The number of hydrogen-bond donors (Lipinski definition) is 1. The van der Waals surface area contributed by atoms with Gasteiger partial charge in [0.05, 0.1) is 7.11 Å². The fourth-order valence-corrected chi connectivity index (χ4v) is 2.68. The Hall–Kier alpha value is -4.19. The first kappa shape index (κ1) is 21.5. The van der Waals surface area contributed by atoms with Crippen molar-refractivity contribution in [1.29, 1.82) is 0 Å². The lowest BCUT2D eigenvalue weighted by Gasteiger charge is -2.06. The first-order valence-electron chi connectivity index (χ1n) is 9.54. The summed E-state index contributed by atoms with van der Waals surface area (Å²) in [5.74, 6) is -0.476. The molecule has 1 N–H and O–H groups in total. The molecule has 0 bridgehead atoms. The fraction of sp³-hybridized carbons (Fsp3) is 0.0800. The second kappa shape index (κ2) is 10.5. The number of rotatable bonds is 8. The van der Waals surface area contributed by atoms with Crippen LogP contribution in [-0.2, 0) is 9.53 Å². The van der Waals surface area contributed by atoms with Gasteiger partial charge in [-0.15, -0.1) is 0 Å². The van der Waals surface area contributed by atoms with Crippen molar-refractivity contribution in [3.8, 4) is 5.75 Å². The number of carbonyl (C=O) groups is 3. The van der Waals surface area contributed by atoms with Crippen LogP contribution in [0.5, 0.6) is 5.75 Å². The molecule has 31 heavy (non-hydrogen) atoms. The van der Waals surface area contributed by atoms with Crippen molar-refractivity contribution in [3.05, 3.63) is 102 Å². The van der Waals surface area contributed by atoms with Crippen LogP contribution in [0.25, 0.3) is 6.08 Å². The minimum Gasteiger partial charge on any atom is -0.497 e. The van der Waals surface area contributed by atoms with Crippen LogP contribution >= 0.6 is 0 Å². The van der Waals surface area contributed by atoms with E-state index in [2.05, 4.69) is 5.32 Å². The molecule has 0 unspecified atom stereocenters. The number of esters is 1. The van der Waals surface area contributed by atoms with E-state index in [0.717, 1.165) is 11.3 Å². The molecule has 0 heterocycles. The third-order valence-corrected chi connectivity index (χ3v) is 4.37. The van der Waals surface area contributed by atoms with E-state index >= 15 is 0 Å². The Morgan fingerprint density at radius 1 is 0.839 bits per heavy atom. The van der Waals surface area contributed by atoms with Gasteiger partial charge < -0.3 is 14.8 Å². The monoisotopic (exact) mass is 415 g/mol. The summed E-state index contributed by atoms with van der Waals surface area (Å²) in [5.41, 5.74) is 2.28. The molecule has 0 saturated heterocycles. The second-order valence-electron chi connectivity index (χ2n) is 6.53. The molecule has 0 aliphatic carbocycles. The Kier molecular flexibility index (Phi) is 7.32. The summed E-state index contributed by atoms with van der Waals surface area (Å²) < 4.78 is 10.1. The average molecular weight is 415 g/mol. The Bertz CT molecular complexity index is 1070. The maximum atomic E-state index is 12.2. The molecule has 0 atom stereocenters. The number of ether oxygens (including phenoxy) is 2. The van der Waals surface area contributed by atoms with E-state index in [4.69, 9.17) is 9.47 Å². The van der Waals surface area contributed by atoms with E-state index in [0.29, 0.717) is 16.8 Å². The Morgan fingerprint density at radius 3 is 2.16 bits per heavy atom. The van der Waals surface area contributed by atoms with E-state index in [1.165, 1.54) is 6.08 Å². The summed E-state index contributed by atoms with van der Waals surface area (Å²) in [7, 11) is 1.58. The topological polar surface area (TPSA) is 81.7 Å². The van der Waals surface area contributed by atoms with Gasteiger partial charge in [0.25, 0.3) is 5.91 Å². The molecule has 6 nitrogen and oxygen atoms in total. The predicted molar refractivity (Wildman–Crippen MR) is 118 cm³/mol. The van der Waals surface area contributed by atoms with Crippen LogP contribution in [0.4, 0.5) is 5.69 Å². The minimum absolute atomic E-state index is 0.239. The molecule has 3 aromatic rings. The van der Waals surface area contributed by atoms with Gasteiger partial charge in [0.1, 0.15) is 5.75 Å². The van der Waals surface area contributed by atoms with Crippen LogP contribution in [-0.4, -0.2) is 31.4 Å². The minimum atomic E-state index is -0.615. The second-order valence-corrected chi connectivity index (χ2v) is 6.53. The van der Waals surface area contributed by atoms with E-state index in [-0.39, 0.29) is 18.3 Å². The molecule has 3 rings (SSSR count). The highest BCUT2D eigenvalue weighted by molar-refractivity contribution is 6.04. The normalized spacial score (nSPS) is 10.5. The lowest BCUT2D eigenvalue weighted by Crippen LogP contribution is -2.13. The van der Waals surface area contributed by atoms with E-state index in [9.17, 15) is 14.4 Å². The third kappa shape index (κ3) is 6.40. The molecular weight excluding hydrogens is 394 g/mol. The molecular formula is C25H21NO5. The zero-order chi connectivity index (χ0) is 22.1. The molecule has 0 aliphatic rings. The van der Waals surface area contributed by atoms with Crippen LogP contribution < -0.4 is 10.1 Å². The van der Waals surface area contributed by atoms with Crippen molar-refractivity contribution < 1.29 is 23.9 Å². The third-order valence-electron chi connectivity index (χ3n) is 4.37. The van der Waals surface area contributed by atoms with E-state index in [1.54, 1.807) is 86.0 Å². The van der Waals surface area contributed by atoms with Crippen molar-refractivity contribution in [2.45, 2.75) is 0 Å². The van der Waals surface area contributed by atoms with Gasteiger partial charge in [-0.25, -0.2) is 4.79 Å². The largest absolute Gasteiger partial charge is 0.497 e. The van der Waals surface area contributed by atoms with Gasteiger partial charge in [-0.2, -0.15) is 0 Å². The molecule has 0 aromatic heterocycles. The van der Waals surface area contributed by atoms with Crippen LogP contribution in [0.3, 0.4) is 0 Å². The highest BCUT2D eigenvalue weighted by Crippen LogP contribution is 2.13. The van der Waals surface area contributed by atoms with Crippen molar-refractivity contribution in [2.24, 2.45) is 0 Å². The van der Waals surface area contributed by atoms with Crippen LogP contribution in [0.2, 0.25) is 0 Å². The summed E-state index contributed by atoms with van der Waals surface area (Å²) in [6, 6.07) is 22.4. The molecule has 0 radical (unpaired) electrons. The number of nitrogens with one attached hydrogen (secondary N) is 1. The number of Topliss-reactive ketones (excluding diaryl/α,β-unsaturated/α-hetero) is 1. The van der Waals surface area contributed by atoms with E-state index < -0.39 is 5.97 Å². The maximum Gasteiger partial charge on any atom is 0.331 e. The number of amides is 1. The quantitative estimate of drug-likeness (QED) is 0.335. The number of anilines is 1. The summed E-state index contributed by atoms with van der Waals surface area (Å²) >= 11 is 0. The molecule has 156 valence electrons. The van der Waals surface area contributed by atoms with Gasteiger partial charge in [-0.3, -0.25) is 9.59 Å². The molecule has 0 fully saturated rings. The van der Waals surface area contributed by atoms with Crippen LogP contribution in [0.1, 0.15) is 26.3 Å². The molecule has 6 heteroatoms. The van der Waals surface area contributed by atoms with Crippen molar-refractivity contribution in [2.75, 3.05) is 19.0 Å². The van der Waals surface area contributed by atoms with Crippen LogP contribution in [0.15, 0.2) is 84.9 Å².